The van der Waals surface area contributed by atoms with Crippen molar-refractivity contribution in [2.45, 2.75) is 29.9 Å². The summed E-state index contributed by atoms with van der Waals surface area (Å²) in [6.45, 7) is 3.09. The lowest BCUT2D eigenvalue weighted by Crippen LogP contribution is -2.48. The molecule has 2 aromatic carbocycles. The molecule has 0 radical (unpaired) electrons. The lowest BCUT2D eigenvalue weighted by molar-refractivity contribution is -0.122. The molecule has 25 heavy (non-hydrogen) atoms. The Kier molecular flexibility index (Phi) is 6.14. The fourth-order valence-corrected chi connectivity index (χ4v) is 4.40. The Labute approximate surface area is 158 Å². The minimum atomic E-state index is -3.96. The first-order valence-electron chi connectivity index (χ1n) is 7.67. The Morgan fingerprint density at radius 2 is 1.60 bits per heavy atom. The zero-order chi connectivity index (χ0) is 18.7. The molecule has 0 spiro atoms. The van der Waals surface area contributed by atoms with E-state index in [1.165, 1.54) is 32.0 Å². The van der Waals surface area contributed by atoms with Crippen LogP contribution in [0.15, 0.2) is 53.4 Å². The van der Waals surface area contributed by atoms with Crippen LogP contribution in [0.4, 0.5) is 0 Å². The molecule has 0 aliphatic carbocycles. The maximum atomic E-state index is 12.9. The van der Waals surface area contributed by atoms with E-state index in [-0.39, 0.29) is 14.9 Å². The van der Waals surface area contributed by atoms with Crippen LogP contribution in [0.2, 0.25) is 10.0 Å². The summed E-state index contributed by atoms with van der Waals surface area (Å²) in [6.07, 6.45) is 0.617. The standard InChI is InChI=1S/C18H19Cl2NO3S/c1-18(2,17(22)21-9-8-13-6-4-3-5-7-13)25(23,24)16-11-14(19)10-15(20)12-16/h3-7,10-12H,8-9H2,1-2H3,(H,21,22). The second-order valence-electron chi connectivity index (χ2n) is 6.11. The number of nitrogens with one attached hydrogen (secondary N) is 1. The number of halogens is 2. The van der Waals surface area contributed by atoms with Crippen molar-refractivity contribution in [2.75, 3.05) is 6.54 Å². The minimum Gasteiger partial charge on any atom is -0.354 e. The van der Waals surface area contributed by atoms with Crippen LogP contribution in [-0.2, 0) is 21.1 Å². The third-order valence-electron chi connectivity index (χ3n) is 3.91. The van der Waals surface area contributed by atoms with Gasteiger partial charge in [0.1, 0.15) is 4.75 Å². The SMILES string of the molecule is CC(C)(C(=O)NCCc1ccccc1)S(=O)(=O)c1cc(Cl)cc(Cl)c1. The van der Waals surface area contributed by atoms with Crippen LogP contribution >= 0.6 is 23.2 Å². The zero-order valence-corrected chi connectivity index (χ0v) is 16.3. The summed E-state index contributed by atoms with van der Waals surface area (Å²) in [5, 5.41) is 3.09. The smallest absolute Gasteiger partial charge is 0.241 e. The molecule has 0 atom stereocenters. The molecule has 0 aliphatic heterocycles. The van der Waals surface area contributed by atoms with Gasteiger partial charge in [0.2, 0.25) is 5.91 Å². The Bertz CT molecular complexity index is 845. The van der Waals surface area contributed by atoms with Gasteiger partial charge in [-0.1, -0.05) is 53.5 Å². The average Bonchev–Trinajstić information content (AvgIpc) is 2.54. The molecule has 2 rings (SSSR count). The summed E-state index contributed by atoms with van der Waals surface area (Å²) in [7, 11) is -3.96. The molecule has 1 amide bonds. The van der Waals surface area contributed by atoms with Crippen molar-refractivity contribution in [2.24, 2.45) is 0 Å². The van der Waals surface area contributed by atoms with Crippen LogP contribution in [0.25, 0.3) is 0 Å². The van der Waals surface area contributed by atoms with Crippen LogP contribution in [0, 0.1) is 0 Å². The maximum absolute atomic E-state index is 12.9. The highest BCUT2D eigenvalue weighted by molar-refractivity contribution is 7.93. The number of rotatable bonds is 6. The van der Waals surface area contributed by atoms with Gasteiger partial charge in [0, 0.05) is 16.6 Å². The monoisotopic (exact) mass is 399 g/mol. The fraction of sp³-hybridized carbons (Fsp3) is 0.278. The summed E-state index contributed by atoms with van der Waals surface area (Å²) >= 11 is 11.8. The number of carbonyl (C=O) groups is 1. The van der Waals surface area contributed by atoms with Crippen LogP contribution in [0.1, 0.15) is 19.4 Å². The van der Waals surface area contributed by atoms with Gasteiger partial charge in [-0.05, 0) is 44.0 Å². The number of sulfone groups is 1. The van der Waals surface area contributed by atoms with E-state index in [0.29, 0.717) is 13.0 Å². The molecule has 7 heteroatoms. The molecule has 0 aliphatic rings. The van der Waals surface area contributed by atoms with Crippen molar-refractivity contribution in [3.63, 3.8) is 0 Å². The van der Waals surface area contributed by atoms with E-state index >= 15 is 0 Å². The Morgan fingerprint density at radius 3 is 2.16 bits per heavy atom. The first-order valence-corrected chi connectivity index (χ1v) is 9.91. The lowest BCUT2D eigenvalue weighted by Gasteiger charge is -2.24. The van der Waals surface area contributed by atoms with Gasteiger partial charge in [0.15, 0.2) is 9.84 Å². The van der Waals surface area contributed by atoms with E-state index in [9.17, 15) is 13.2 Å². The van der Waals surface area contributed by atoms with Crippen molar-refractivity contribution >= 4 is 38.9 Å². The third-order valence-corrected chi connectivity index (χ3v) is 6.73. The number of hydrogen-bond donors (Lipinski definition) is 1. The molecule has 4 nitrogen and oxygen atoms in total. The third kappa shape index (κ3) is 4.54. The molecule has 2 aromatic rings. The molecule has 0 aromatic heterocycles. The van der Waals surface area contributed by atoms with Gasteiger partial charge in [0.05, 0.1) is 4.90 Å². The van der Waals surface area contributed by atoms with Gasteiger partial charge in [0.25, 0.3) is 0 Å². The number of benzene rings is 2. The molecule has 0 heterocycles. The number of hydrogen-bond acceptors (Lipinski definition) is 3. The zero-order valence-electron chi connectivity index (χ0n) is 13.9. The molecule has 0 saturated carbocycles. The highest BCUT2D eigenvalue weighted by Crippen LogP contribution is 2.30. The number of amides is 1. The molecule has 1 N–H and O–H groups in total. The van der Waals surface area contributed by atoms with Crippen LogP contribution < -0.4 is 5.32 Å². The summed E-state index contributed by atoms with van der Waals surface area (Å²) in [5.74, 6) is -0.570. The van der Waals surface area contributed by atoms with E-state index in [1.807, 2.05) is 30.3 Å². The van der Waals surface area contributed by atoms with Gasteiger partial charge >= 0.3 is 0 Å². The fourth-order valence-electron chi connectivity index (χ4n) is 2.28. The topological polar surface area (TPSA) is 63.2 Å². The molecular weight excluding hydrogens is 381 g/mol. The van der Waals surface area contributed by atoms with Gasteiger partial charge < -0.3 is 5.32 Å². The van der Waals surface area contributed by atoms with Crippen LogP contribution in [0.3, 0.4) is 0 Å². The van der Waals surface area contributed by atoms with E-state index < -0.39 is 20.5 Å². The summed E-state index contributed by atoms with van der Waals surface area (Å²) in [5.41, 5.74) is 1.06. The quantitative estimate of drug-likeness (QED) is 0.800. The van der Waals surface area contributed by atoms with Crippen LogP contribution in [-0.4, -0.2) is 25.6 Å². The summed E-state index contributed by atoms with van der Waals surface area (Å²) in [6, 6.07) is 13.7. The van der Waals surface area contributed by atoms with Crippen molar-refractivity contribution < 1.29 is 13.2 Å². The molecule has 0 saturated heterocycles. The van der Waals surface area contributed by atoms with Crippen molar-refractivity contribution in [3.8, 4) is 0 Å². The summed E-state index contributed by atoms with van der Waals surface area (Å²) in [4.78, 5) is 12.4. The molecule has 0 fully saturated rings. The maximum Gasteiger partial charge on any atom is 0.241 e. The Morgan fingerprint density at radius 1 is 1.04 bits per heavy atom. The minimum absolute atomic E-state index is 0.0757. The van der Waals surface area contributed by atoms with Gasteiger partial charge in [-0.25, -0.2) is 8.42 Å². The van der Waals surface area contributed by atoms with E-state index in [4.69, 9.17) is 23.2 Å². The van der Waals surface area contributed by atoms with E-state index in [1.54, 1.807) is 0 Å². The van der Waals surface area contributed by atoms with Gasteiger partial charge in [-0.2, -0.15) is 0 Å². The predicted molar refractivity (Wildman–Crippen MR) is 101 cm³/mol. The first kappa shape index (κ1) is 19.8. The second-order valence-corrected chi connectivity index (χ2v) is 9.48. The second kappa shape index (κ2) is 7.77. The van der Waals surface area contributed by atoms with Crippen molar-refractivity contribution in [1.29, 1.82) is 0 Å². The largest absolute Gasteiger partial charge is 0.354 e. The van der Waals surface area contributed by atoms with Gasteiger partial charge in [-0.3, -0.25) is 4.79 Å². The number of carbonyl (C=O) groups excluding carboxylic acids is 1. The summed E-state index contributed by atoms with van der Waals surface area (Å²) < 4.78 is 24.1. The van der Waals surface area contributed by atoms with E-state index in [0.717, 1.165) is 5.56 Å². The molecule has 0 unspecified atom stereocenters. The first-order chi connectivity index (χ1) is 11.6. The Hall–Kier alpha value is -1.56. The van der Waals surface area contributed by atoms with E-state index in [2.05, 4.69) is 5.32 Å². The van der Waals surface area contributed by atoms with Crippen molar-refractivity contribution in [3.05, 3.63) is 64.1 Å². The van der Waals surface area contributed by atoms with Crippen molar-refractivity contribution in [1.82, 2.24) is 5.32 Å². The Balaban J connectivity index is 2.13. The lowest BCUT2D eigenvalue weighted by atomic mass is 10.1. The highest BCUT2D eigenvalue weighted by atomic mass is 35.5. The highest BCUT2D eigenvalue weighted by Gasteiger charge is 2.42. The van der Waals surface area contributed by atoms with Crippen LogP contribution in [0.5, 0.6) is 0 Å². The predicted octanol–water partition coefficient (Wildman–Crippen LogP) is 3.90. The molecule has 134 valence electrons. The molecular formula is C18H19Cl2NO3S. The normalized spacial score (nSPS) is 12.0. The molecule has 0 bridgehead atoms. The van der Waals surface area contributed by atoms with Gasteiger partial charge in [-0.15, -0.1) is 0 Å². The average molecular weight is 400 g/mol.